The normalized spacial score (nSPS) is 19.6. The lowest BCUT2D eigenvalue weighted by atomic mass is 9.73. The highest BCUT2D eigenvalue weighted by Crippen LogP contribution is 2.44. The average Bonchev–Trinajstić information content (AvgIpc) is 3.08. The lowest BCUT2D eigenvalue weighted by Gasteiger charge is -2.31. The minimum absolute atomic E-state index is 0.159. The highest BCUT2D eigenvalue weighted by molar-refractivity contribution is 5.48. The van der Waals surface area contributed by atoms with Gasteiger partial charge < -0.3 is 4.74 Å². The zero-order chi connectivity index (χ0) is 15.3. The van der Waals surface area contributed by atoms with Gasteiger partial charge in [-0.05, 0) is 39.0 Å². The van der Waals surface area contributed by atoms with Crippen LogP contribution in [-0.2, 0) is 15.6 Å². The van der Waals surface area contributed by atoms with E-state index in [9.17, 15) is 0 Å². The Balaban J connectivity index is 2.74. The zero-order valence-electron chi connectivity index (χ0n) is 14.4. The van der Waals surface area contributed by atoms with E-state index in [4.69, 9.17) is 4.74 Å². The van der Waals surface area contributed by atoms with Crippen LogP contribution in [0.2, 0.25) is 0 Å². The summed E-state index contributed by atoms with van der Waals surface area (Å²) in [5, 5.41) is 0. The molecule has 0 amide bonds. The standard InChI is InChI=1S/C19H30O/c1-12(2)13-9-14(18(3,4)5)17(16-11-20-16)15(10-13)19(6,7)8/h9-10,12,16H,11H2,1-8H3. The van der Waals surface area contributed by atoms with Gasteiger partial charge in [-0.3, -0.25) is 0 Å². The molecule has 1 aromatic rings. The fraction of sp³-hybridized carbons (Fsp3) is 0.684. The molecular formula is C19H30O. The van der Waals surface area contributed by atoms with E-state index in [1.54, 1.807) is 0 Å². The summed E-state index contributed by atoms with van der Waals surface area (Å²) in [6, 6.07) is 4.83. The van der Waals surface area contributed by atoms with E-state index in [0.29, 0.717) is 12.0 Å². The van der Waals surface area contributed by atoms with Crippen molar-refractivity contribution >= 4 is 0 Å². The minimum atomic E-state index is 0.159. The third-order valence-electron chi connectivity index (χ3n) is 4.14. The van der Waals surface area contributed by atoms with Crippen molar-refractivity contribution in [2.45, 2.75) is 78.2 Å². The molecular weight excluding hydrogens is 244 g/mol. The predicted octanol–water partition coefficient (Wildman–Crippen LogP) is 5.48. The molecule has 1 saturated heterocycles. The van der Waals surface area contributed by atoms with E-state index < -0.39 is 0 Å². The van der Waals surface area contributed by atoms with Crippen LogP contribution in [0, 0.1) is 0 Å². The van der Waals surface area contributed by atoms with Crippen LogP contribution in [0.1, 0.15) is 89.7 Å². The van der Waals surface area contributed by atoms with Crippen LogP contribution in [0.15, 0.2) is 12.1 Å². The topological polar surface area (TPSA) is 12.5 Å². The molecule has 0 aliphatic carbocycles. The highest BCUT2D eigenvalue weighted by Gasteiger charge is 2.36. The van der Waals surface area contributed by atoms with Gasteiger partial charge in [0.15, 0.2) is 0 Å². The van der Waals surface area contributed by atoms with E-state index in [1.807, 2.05) is 0 Å². The number of hydrogen-bond donors (Lipinski definition) is 0. The Hall–Kier alpha value is -0.820. The van der Waals surface area contributed by atoms with Gasteiger partial charge in [0.1, 0.15) is 6.10 Å². The third-order valence-corrected chi connectivity index (χ3v) is 4.14. The van der Waals surface area contributed by atoms with Crippen LogP contribution in [0.3, 0.4) is 0 Å². The molecule has 112 valence electrons. The quantitative estimate of drug-likeness (QED) is 0.651. The van der Waals surface area contributed by atoms with E-state index >= 15 is 0 Å². The Bertz CT molecular complexity index is 458. The lowest BCUT2D eigenvalue weighted by molar-refractivity contribution is 0.405. The van der Waals surface area contributed by atoms with Crippen molar-refractivity contribution in [1.82, 2.24) is 0 Å². The fourth-order valence-electron chi connectivity index (χ4n) is 2.81. The molecule has 2 rings (SSSR count). The van der Waals surface area contributed by atoms with Crippen LogP contribution in [0.5, 0.6) is 0 Å². The van der Waals surface area contributed by atoms with Gasteiger partial charge in [-0.1, -0.05) is 67.5 Å². The van der Waals surface area contributed by atoms with Gasteiger partial charge in [0, 0.05) is 0 Å². The first-order valence-corrected chi connectivity index (χ1v) is 7.82. The summed E-state index contributed by atoms with van der Waals surface area (Å²) in [5.41, 5.74) is 6.16. The van der Waals surface area contributed by atoms with E-state index in [2.05, 4.69) is 67.5 Å². The maximum Gasteiger partial charge on any atom is 0.107 e. The molecule has 0 N–H and O–H groups in total. The van der Waals surface area contributed by atoms with Gasteiger partial charge in [-0.25, -0.2) is 0 Å². The Morgan fingerprint density at radius 3 is 1.60 bits per heavy atom. The Morgan fingerprint density at radius 1 is 0.950 bits per heavy atom. The van der Waals surface area contributed by atoms with Crippen molar-refractivity contribution in [2.24, 2.45) is 0 Å². The molecule has 0 saturated carbocycles. The van der Waals surface area contributed by atoms with Crippen molar-refractivity contribution in [1.29, 1.82) is 0 Å². The third kappa shape index (κ3) is 3.09. The van der Waals surface area contributed by atoms with Crippen molar-refractivity contribution < 1.29 is 4.74 Å². The summed E-state index contributed by atoms with van der Waals surface area (Å²) in [6.45, 7) is 19.3. The van der Waals surface area contributed by atoms with E-state index in [0.717, 1.165) is 6.61 Å². The monoisotopic (exact) mass is 274 g/mol. The molecule has 1 nitrogen and oxygen atoms in total. The van der Waals surface area contributed by atoms with Crippen LogP contribution >= 0.6 is 0 Å². The molecule has 0 bridgehead atoms. The SMILES string of the molecule is CC(C)c1cc(C(C)(C)C)c(C2CO2)c(C(C)(C)C)c1. The summed E-state index contributed by atoms with van der Waals surface area (Å²) < 4.78 is 5.67. The second-order valence-electron chi connectivity index (χ2n) is 8.51. The molecule has 0 aromatic heterocycles. The van der Waals surface area contributed by atoms with Crippen LogP contribution in [-0.4, -0.2) is 6.61 Å². The van der Waals surface area contributed by atoms with Crippen LogP contribution in [0.25, 0.3) is 0 Å². The Kier molecular flexibility index (Phi) is 3.79. The number of epoxide rings is 1. The van der Waals surface area contributed by atoms with E-state index in [-0.39, 0.29) is 10.8 Å². The first-order valence-electron chi connectivity index (χ1n) is 7.82. The molecule has 1 heteroatoms. The number of benzene rings is 1. The summed E-state index contributed by atoms with van der Waals surface area (Å²) in [6.07, 6.45) is 0.319. The lowest BCUT2D eigenvalue weighted by Crippen LogP contribution is -2.22. The summed E-state index contributed by atoms with van der Waals surface area (Å²) in [4.78, 5) is 0. The molecule has 1 fully saturated rings. The molecule has 1 aromatic carbocycles. The average molecular weight is 274 g/mol. The van der Waals surface area contributed by atoms with Crippen molar-refractivity contribution in [3.63, 3.8) is 0 Å². The van der Waals surface area contributed by atoms with Gasteiger partial charge in [0.05, 0.1) is 6.61 Å². The molecule has 0 radical (unpaired) electrons. The molecule has 1 unspecified atom stereocenters. The van der Waals surface area contributed by atoms with Gasteiger partial charge in [0.2, 0.25) is 0 Å². The highest BCUT2D eigenvalue weighted by atomic mass is 16.6. The summed E-state index contributed by atoms with van der Waals surface area (Å²) in [7, 11) is 0. The molecule has 0 spiro atoms. The molecule has 20 heavy (non-hydrogen) atoms. The maximum absolute atomic E-state index is 5.67. The number of ether oxygens (including phenoxy) is 1. The largest absolute Gasteiger partial charge is 0.368 e. The van der Waals surface area contributed by atoms with E-state index in [1.165, 1.54) is 22.3 Å². The summed E-state index contributed by atoms with van der Waals surface area (Å²) in [5.74, 6) is 0.561. The smallest absolute Gasteiger partial charge is 0.107 e. The van der Waals surface area contributed by atoms with Gasteiger partial charge in [0.25, 0.3) is 0 Å². The summed E-state index contributed by atoms with van der Waals surface area (Å²) >= 11 is 0. The molecule has 1 heterocycles. The first kappa shape index (κ1) is 15.6. The second kappa shape index (κ2) is 4.87. The van der Waals surface area contributed by atoms with Gasteiger partial charge in [-0.2, -0.15) is 0 Å². The maximum atomic E-state index is 5.67. The minimum Gasteiger partial charge on any atom is -0.368 e. The first-order chi connectivity index (χ1) is 9.01. The molecule has 1 aliphatic rings. The van der Waals surface area contributed by atoms with Crippen molar-refractivity contribution in [3.8, 4) is 0 Å². The molecule has 1 aliphatic heterocycles. The fourth-order valence-corrected chi connectivity index (χ4v) is 2.81. The zero-order valence-corrected chi connectivity index (χ0v) is 14.4. The molecule has 1 atom stereocenters. The Labute approximate surface area is 124 Å². The number of hydrogen-bond acceptors (Lipinski definition) is 1. The second-order valence-corrected chi connectivity index (χ2v) is 8.51. The van der Waals surface area contributed by atoms with Crippen LogP contribution < -0.4 is 0 Å². The van der Waals surface area contributed by atoms with Gasteiger partial charge >= 0.3 is 0 Å². The van der Waals surface area contributed by atoms with Crippen molar-refractivity contribution in [2.75, 3.05) is 6.61 Å². The van der Waals surface area contributed by atoms with Gasteiger partial charge in [-0.15, -0.1) is 0 Å². The van der Waals surface area contributed by atoms with Crippen molar-refractivity contribution in [3.05, 3.63) is 34.4 Å². The number of rotatable bonds is 2. The predicted molar refractivity (Wildman–Crippen MR) is 86.6 cm³/mol. The Morgan fingerprint density at radius 2 is 1.35 bits per heavy atom. The van der Waals surface area contributed by atoms with Crippen LogP contribution in [0.4, 0.5) is 0 Å².